The smallest absolute Gasteiger partial charge is 0.416 e. The molecule has 2 rings (SSSR count). The van der Waals surface area contributed by atoms with E-state index in [4.69, 9.17) is 4.74 Å². The zero-order valence-electron chi connectivity index (χ0n) is 16.2. The van der Waals surface area contributed by atoms with E-state index in [1.807, 2.05) is 0 Å². The summed E-state index contributed by atoms with van der Waals surface area (Å²) in [5, 5.41) is 2.50. The molecule has 0 radical (unpaired) electrons. The number of esters is 1. The Labute approximate surface area is 170 Å². The maximum atomic E-state index is 12.7. The summed E-state index contributed by atoms with van der Waals surface area (Å²) in [4.78, 5) is 36.8. The lowest BCUT2D eigenvalue weighted by Gasteiger charge is -2.11. The second-order valence-corrected chi connectivity index (χ2v) is 6.39. The van der Waals surface area contributed by atoms with Crippen molar-refractivity contribution in [3.05, 3.63) is 71.3 Å². The summed E-state index contributed by atoms with van der Waals surface area (Å²) in [6.07, 6.45) is -2.39. The molecule has 30 heavy (non-hydrogen) atoms. The highest BCUT2D eigenvalue weighted by Crippen LogP contribution is 2.29. The molecule has 0 atom stereocenters. The second-order valence-electron chi connectivity index (χ2n) is 6.39. The summed E-state index contributed by atoms with van der Waals surface area (Å²) >= 11 is 0. The number of rotatable bonds is 6. The molecule has 158 valence electrons. The minimum atomic E-state index is -4.49. The third-order valence-corrected chi connectivity index (χ3v) is 3.79. The van der Waals surface area contributed by atoms with Gasteiger partial charge in [-0.15, -0.1) is 0 Å². The Morgan fingerprint density at radius 3 is 2.33 bits per heavy atom. The molecule has 2 aromatic rings. The van der Waals surface area contributed by atoms with E-state index in [2.05, 4.69) is 5.32 Å². The summed E-state index contributed by atoms with van der Waals surface area (Å²) in [6, 6.07) is 10.6. The Morgan fingerprint density at radius 1 is 1.07 bits per heavy atom. The highest BCUT2D eigenvalue weighted by molar-refractivity contribution is 5.96. The van der Waals surface area contributed by atoms with Crippen LogP contribution >= 0.6 is 0 Å². The topological polar surface area (TPSA) is 75.7 Å². The zero-order chi connectivity index (χ0) is 22.3. The zero-order valence-corrected chi connectivity index (χ0v) is 16.2. The maximum Gasteiger partial charge on any atom is 0.416 e. The predicted octanol–water partition coefficient (Wildman–Crippen LogP) is 3.60. The lowest BCUT2D eigenvalue weighted by Crippen LogP contribution is -2.22. The van der Waals surface area contributed by atoms with E-state index in [1.165, 1.54) is 29.2 Å². The quantitative estimate of drug-likeness (QED) is 0.572. The molecule has 0 unspecified atom stereocenters. The Kier molecular flexibility index (Phi) is 7.35. The van der Waals surface area contributed by atoms with Gasteiger partial charge < -0.3 is 15.0 Å². The Balaban J connectivity index is 1.85. The largest absolute Gasteiger partial charge is 0.452 e. The second kappa shape index (κ2) is 9.73. The summed E-state index contributed by atoms with van der Waals surface area (Å²) in [7, 11) is 3.24. The number of carbonyl (C=O) groups is 3. The molecule has 0 aliphatic rings. The van der Waals surface area contributed by atoms with E-state index in [-0.39, 0.29) is 11.5 Å². The van der Waals surface area contributed by atoms with E-state index in [9.17, 15) is 27.6 Å². The highest BCUT2D eigenvalue weighted by atomic mass is 19.4. The number of benzene rings is 2. The van der Waals surface area contributed by atoms with Gasteiger partial charge in [0.25, 0.3) is 11.8 Å². The maximum absolute atomic E-state index is 12.7. The minimum absolute atomic E-state index is 0.165. The minimum Gasteiger partial charge on any atom is -0.452 e. The fourth-order valence-corrected chi connectivity index (χ4v) is 2.32. The Morgan fingerprint density at radius 2 is 1.73 bits per heavy atom. The van der Waals surface area contributed by atoms with Gasteiger partial charge in [-0.05, 0) is 48.0 Å². The first kappa shape index (κ1) is 22.7. The van der Waals surface area contributed by atoms with E-state index in [0.717, 1.165) is 24.3 Å². The summed E-state index contributed by atoms with van der Waals surface area (Å²) < 4.78 is 42.8. The molecular formula is C21H19F3N2O4. The van der Waals surface area contributed by atoms with Crippen LogP contribution in [0, 0.1) is 0 Å². The average Bonchev–Trinajstić information content (AvgIpc) is 2.70. The molecular weight excluding hydrogens is 401 g/mol. The molecule has 9 heteroatoms. The van der Waals surface area contributed by atoms with Gasteiger partial charge in [-0.25, -0.2) is 4.79 Å². The van der Waals surface area contributed by atoms with Crippen molar-refractivity contribution in [1.29, 1.82) is 0 Å². The monoisotopic (exact) mass is 420 g/mol. The van der Waals surface area contributed by atoms with Gasteiger partial charge in [0, 0.05) is 31.4 Å². The van der Waals surface area contributed by atoms with Crippen LogP contribution in [0.3, 0.4) is 0 Å². The molecule has 0 aliphatic heterocycles. The van der Waals surface area contributed by atoms with E-state index < -0.39 is 30.2 Å². The van der Waals surface area contributed by atoms with Gasteiger partial charge in [-0.1, -0.05) is 12.1 Å². The number of alkyl halides is 3. The Bertz CT molecular complexity index is 951. The summed E-state index contributed by atoms with van der Waals surface area (Å²) in [6.45, 7) is -0.579. The van der Waals surface area contributed by atoms with Gasteiger partial charge in [-0.2, -0.15) is 13.2 Å². The molecule has 0 fully saturated rings. The molecule has 0 aromatic heterocycles. The molecule has 2 aromatic carbocycles. The molecule has 1 N–H and O–H groups in total. The van der Waals surface area contributed by atoms with Crippen LogP contribution in [0.15, 0.2) is 54.6 Å². The highest BCUT2D eigenvalue weighted by Gasteiger charge is 2.30. The van der Waals surface area contributed by atoms with Gasteiger partial charge in [0.2, 0.25) is 0 Å². The van der Waals surface area contributed by atoms with Crippen molar-refractivity contribution in [2.45, 2.75) is 6.18 Å². The number of halogens is 3. The van der Waals surface area contributed by atoms with Gasteiger partial charge in [0.15, 0.2) is 6.61 Å². The van der Waals surface area contributed by atoms with E-state index >= 15 is 0 Å². The first-order valence-electron chi connectivity index (χ1n) is 8.70. The van der Waals surface area contributed by atoms with Crippen LogP contribution in [0.5, 0.6) is 0 Å². The molecule has 0 spiro atoms. The fourth-order valence-electron chi connectivity index (χ4n) is 2.32. The molecule has 0 saturated heterocycles. The first-order valence-corrected chi connectivity index (χ1v) is 8.70. The first-order chi connectivity index (χ1) is 14.1. The van der Waals surface area contributed by atoms with Crippen LogP contribution in [0.1, 0.15) is 21.5 Å². The number of hydrogen-bond donors (Lipinski definition) is 1. The van der Waals surface area contributed by atoms with Crippen LogP contribution in [0.4, 0.5) is 18.9 Å². The fraction of sp³-hybridized carbons (Fsp3) is 0.190. The van der Waals surface area contributed by atoms with Gasteiger partial charge >= 0.3 is 12.1 Å². The van der Waals surface area contributed by atoms with Crippen LogP contribution in [0.25, 0.3) is 6.08 Å². The van der Waals surface area contributed by atoms with Crippen molar-refractivity contribution in [3.8, 4) is 0 Å². The number of anilines is 1. The molecule has 0 aliphatic carbocycles. The molecule has 0 bridgehead atoms. The summed E-state index contributed by atoms with van der Waals surface area (Å²) in [5.74, 6) is -1.67. The number of ether oxygens (including phenoxy) is 1. The van der Waals surface area contributed by atoms with Gasteiger partial charge in [0.1, 0.15) is 0 Å². The Hall–Kier alpha value is -3.62. The third kappa shape index (κ3) is 6.77. The SMILES string of the molecule is CN(C)C(=O)c1ccc(NC(=O)COC(=O)/C=C/c2cccc(C(F)(F)F)c2)cc1. The van der Waals surface area contributed by atoms with Crippen LogP contribution in [0.2, 0.25) is 0 Å². The van der Waals surface area contributed by atoms with Crippen molar-refractivity contribution in [3.63, 3.8) is 0 Å². The van der Waals surface area contributed by atoms with Crippen LogP contribution < -0.4 is 5.32 Å². The summed E-state index contributed by atoms with van der Waals surface area (Å²) in [5.41, 5.74) is 0.185. The molecule has 2 amide bonds. The standard InChI is InChI=1S/C21H19F3N2O4/c1-26(2)20(29)15-7-9-17(10-8-15)25-18(27)13-30-19(28)11-6-14-4-3-5-16(12-14)21(22,23)24/h3-12H,13H2,1-2H3,(H,25,27)/b11-6+. The number of amides is 2. The predicted molar refractivity (Wildman–Crippen MR) is 105 cm³/mol. The number of nitrogens with zero attached hydrogens (tertiary/aromatic N) is 1. The van der Waals surface area contributed by atoms with Crippen molar-refractivity contribution in [2.24, 2.45) is 0 Å². The van der Waals surface area contributed by atoms with Crippen LogP contribution in [-0.2, 0) is 20.5 Å². The van der Waals surface area contributed by atoms with Crippen molar-refractivity contribution in [2.75, 3.05) is 26.0 Å². The van der Waals surface area contributed by atoms with Crippen molar-refractivity contribution in [1.82, 2.24) is 4.90 Å². The van der Waals surface area contributed by atoms with Gasteiger partial charge in [0.05, 0.1) is 5.56 Å². The number of carbonyl (C=O) groups excluding carboxylic acids is 3. The van der Waals surface area contributed by atoms with Crippen LogP contribution in [-0.4, -0.2) is 43.4 Å². The van der Waals surface area contributed by atoms with Gasteiger partial charge in [-0.3, -0.25) is 9.59 Å². The normalized spacial score (nSPS) is 11.2. The number of nitrogens with one attached hydrogen (secondary N) is 1. The average molecular weight is 420 g/mol. The lowest BCUT2D eigenvalue weighted by molar-refractivity contribution is -0.142. The van der Waals surface area contributed by atoms with E-state index in [1.54, 1.807) is 26.2 Å². The molecule has 6 nitrogen and oxygen atoms in total. The third-order valence-electron chi connectivity index (χ3n) is 3.79. The van der Waals surface area contributed by atoms with E-state index in [0.29, 0.717) is 11.3 Å². The molecule has 0 heterocycles. The van der Waals surface area contributed by atoms with Crippen molar-refractivity contribution < 1.29 is 32.3 Å². The molecule has 0 saturated carbocycles. The van der Waals surface area contributed by atoms with Crippen molar-refractivity contribution >= 4 is 29.5 Å². The number of hydrogen-bond acceptors (Lipinski definition) is 4. The lowest BCUT2D eigenvalue weighted by atomic mass is 10.1.